The molecule has 7 heteroatoms. The van der Waals surface area contributed by atoms with Gasteiger partial charge in [-0.25, -0.2) is 4.99 Å². The molecule has 1 aliphatic heterocycles. The summed E-state index contributed by atoms with van der Waals surface area (Å²) in [5.74, 6) is 0.870. The molecule has 2 aromatic rings. The Morgan fingerprint density at radius 1 is 1.25 bits per heavy atom. The number of halogens is 1. The molecule has 2 aliphatic rings. The molecule has 2 atom stereocenters. The van der Waals surface area contributed by atoms with Crippen molar-refractivity contribution in [3.05, 3.63) is 57.4 Å². The highest BCUT2D eigenvalue weighted by Crippen LogP contribution is 2.41. The zero-order valence-electron chi connectivity index (χ0n) is 18.3. The Morgan fingerprint density at radius 3 is 2.72 bits per heavy atom. The number of benzene rings is 2. The molecule has 1 amide bonds. The van der Waals surface area contributed by atoms with Gasteiger partial charge in [0.1, 0.15) is 0 Å². The summed E-state index contributed by atoms with van der Waals surface area (Å²) < 4.78 is 6.07. The van der Waals surface area contributed by atoms with Crippen molar-refractivity contribution in [2.75, 3.05) is 6.61 Å². The van der Waals surface area contributed by atoms with Crippen LogP contribution in [0.1, 0.15) is 45.1 Å². The molecule has 2 aromatic carbocycles. The monoisotopic (exact) mass is 514 g/mol. The average Bonchev–Trinajstić information content (AvgIpc) is 3.07. The number of aliphatic imine (C=N–C) groups is 1. The molecule has 1 heterocycles. The zero-order chi connectivity index (χ0) is 22.7. The standard InChI is InChI=1S/C25H27BrN2O3S/c1-3-31-21-14-17(13-19(26)23(21)29)15-22-24(30)28(20-12-8-7-9-16(20)2)25(32-22)27-18-10-5-4-6-11-18/h4-6,10-11,13-16,20,29H,3,7-9,12H2,1-2H3/b22-15-,27-25?/t16-,20-/m1/s1. The SMILES string of the molecule is CCOc1cc(/C=C2\SC(=Nc3ccccc3)N([C@@H]3CCCC[C@H]3C)C2=O)cc(Br)c1O. The maximum atomic E-state index is 13.6. The number of hydrogen-bond acceptors (Lipinski definition) is 5. The molecular formula is C25H27BrN2O3S. The normalized spacial score (nSPS) is 23.8. The summed E-state index contributed by atoms with van der Waals surface area (Å²) in [4.78, 5) is 21.0. The van der Waals surface area contributed by atoms with E-state index < -0.39 is 0 Å². The Bertz CT molecular complexity index is 1050. The van der Waals surface area contributed by atoms with Crippen molar-refractivity contribution >= 4 is 50.5 Å². The second kappa shape index (κ2) is 10.1. The predicted molar refractivity (Wildman–Crippen MR) is 134 cm³/mol. The van der Waals surface area contributed by atoms with E-state index >= 15 is 0 Å². The molecule has 1 N–H and O–H groups in total. The van der Waals surface area contributed by atoms with Crippen molar-refractivity contribution in [3.8, 4) is 11.5 Å². The van der Waals surface area contributed by atoms with Crippen LogP contribution in [0.25, 0.3) is 6.08 Å². The van der Waals surface area contributed by atoms with Gasteiger partial charge in [0.2, 0.25) is 0 Å². The van der Waals surface area contributed by atoms with Crippen molar-refractivity contribution in [2.24, 2.45) is 10.9 Å². The third-order valence-corrected chi connectivity index (χ3v) is 7.45. The molecular weight excluding hydrogens is 488 g/mol. The fourth-order valence-corrected chi connectivity index (χ4v) is 5.75. The molecule has 2 fully saturated rings. The number of phenols is 1. The number of phenolic OH excluding ortho intramolecular Hbond substituents is 1. The minimum absolute atomic E-state index is 0.00871. The van der Waals surface area contributed by atoms with Gasteiger partial charge in [0, 0.05) is 6.04 Å². The average molecular weight is 515 g/mol. The van der Waals surface area contributed by atoms with Gasteiger partial charge in [0.05, 0.1) is 21.7 Å². The van der Waals surface area contributed by atoms with Crippen molar-refractivity contribution in [1.29, 1.82) is 0 Å². The minimum Gasteiger partial charge on any atom is -0.503 e. The molecule has 0 aromatic heterocycles. The third kappa shape index (κ3) is 4.89. The highest BCUT2D eigenvalue weighted by Gasteiger charge is 2.41. The van der Waals surface area contributed by atoms with Crippen LogP contribution >= 0.6 is 27.7 Å². The molecule has 0 unspecified atom stereocenters. The lowest BCUT2D eigenvalue weighted by Gasteiger charge is -2.35. The van der Waals surface area contributed by atoms with Gasteiger partial charge in [-0.3, -0.25) is 9.69 Å². The Labute approximate surface area is 201 Å². The lowest BCUT2D eigenvalue weighted by Crippen LogP contribution is -2.44. The largest absolute Gasteiger partial charge is 0.503 e. The first-order valence-corrected chi connectivity index (χ1v) is 12.6. The molecule has 0 bridgehead atoms. The van der Waals surface area contributed by atoms with E-state index in [0.717, 1.165) is 35.7 Å². The quantitative estimate of drug-likeness (QED) is 0.449. The van der Waals surface area contributed by atoms with E-state index in [1.807, 2.05) is 48.2 Å². The van der Waals surface area contributed by atoms with Gasteiger partial charge >= 0.3 is 0 Å². The van der Waals surface area contributed by atoms with Gasteiger partial charge in [0.25, 0.3) is 5.91 Å². The number of rotatable bonds is 5. The second-order valence-corrected chi connectivity index (χ2v) is 9.99. The second-order valence-electron chi connectivity index (χ2n) is 8.13. The van der Waals surface area contributed by atoms with Gasteiger partial charge in [-0.1, -0.05) is 38.0 Å². The van der Waals surface area contributed by atoms with Gasteiger partial charge in [-0.05, 0) is 89.3 Å². The molecule has 0 radical (unpaired) electrons. The Balaban J connectivity index is 1.73. The maximum absolute atomic E-state index is 13.6. The summed E-state index contributed by atoms with van der Waals surface area (Å²) in [6.45, 7) is 4.54. The smallest absolute Gasteiger partial charge is 0.267 e. The topological polar surface area (TPSA) is 62.1 Å². The van der Waals surface area contributed by atoms with E-state index in [0.29, 0.717) is 27.7 Å². The van der Waals surface area contributed by atoms with Gasteiger partial charge in [-0.2, -0.15) is 0 Å². The zero-order valence-corrected chi connectivity index (χ0v) is 20.7. The highest BCUT2D eigenvalue weighted by atomic mass is 79.9. The Morgan fingerprint density at radius 2 is 2.00 bits per heavy atom. The number of carbonyl (C=O) groups is 1. The van der Waals surface area contributed by atoms with Crippen LogP contribution in [-0.4, -0.2) is 33.7 Å². The number of aromatic hydroxyl groups is 1. The molecule has 1 saturated carbocycles. The van der Waals surface area contributed by atoms with E-state index in [2.05, 4.69) is 22.9 Å². The van der Waals surface area contributed by atoms with Crippen molar-refractivity contribution < 1.29 is 14.6 Å². The molecule has 5 nitrogen and oxygen atoms in total. The summed E-state index contributed by atoms with van der Waals surface area (Å²) in [6.07, 6.45) is 6.31. The number of ether oxygens (including phenoxy) is 1. The van der Waals surface area contributed by atoms with Crippen LogP contribution in [0.15, 0.2) is 56.8 Å². The number of carbonyl (C=O) groups excluding carboxylic acids is 1. The van der Waals surface area contributed by atoms with Crippen LogP contribution in [0.4, 0.5) is 5.69 Å². The van der Waals surface area contributed by atoms with Crippen LogP contribution in [0.2, 0.25) is 0 Å². The van der Waals surface area contributed by atoms with Crippen LogP contribution < -0.4 is 4.74 Å². The minimum atomic E-state index is -0.00871. The predicted octanol–water partition coefficient (Wildman–Crippen LogP) is 6.74. The van der Waals surface area contributed by atoms with Crippen LogP contribution in [-0.2, 0) is 4.79 Å². The summed E-state index contributed by atoms with van der Waals surface area (Å²) in [5.41, 5.74) is 1.62. The Hall–Kier alpha value is -2.25. The first kappa shape index (κ1) is 22.9. The van der Waals surface area contributed by atoms with Crippen LogP contribution in [0.3, 0.4) is 0 Å². The summed E-state index contributed by atoms with van der Waals surface area (Å²) in [7, 11) is 0. The summed E-state index contributed by atoms with van der Waals surface area (Å²) in [5, 5.41) is 11.0. The third-order valence-electron chi connectivity index (χ3n) is 5.86. The lowest BCUT2D eigenvalue weighted by atomic mass is 9.85. The highest BCUT2D eigenvalue weighted by molar-refractivity contribution is 9.10. The summed E-state index contributed by atoms with van der Waals surface area (Å²) >= 11 is 4.80. The van der Waals surface area contributed by atoms with Gasteiger partial charge in [0.15, 0.2) is 16.7 Å². The molecule has 4 rings (SSSR count). The molecule has 0 spiro atoms. The van der Waals surface area contributed by atoms with E-state index in [1.54, 1.807) is 12.1 Å². The van der Waals surface area contributed by atoms with Crippen molar-refractivity contribution in [3.63, 3.8) is 0 Å². The van der Waals surface area contributed by atoms with E-state index in [9.17, 15) is 9.90 Å². The van der Waals surface area contributed by atoms with E-state index in [-0.39, 0.29) is 17.7 Å². The number of nitrogens with zero attached hydrogens (tertiary/aromatic N) is 2. The van der Waals surface area contributed by atoms with Crippen LogP contribution in [0, 0.1) is 5.92 Å². The number of amidine groups is 1. The molecule has 1 aliphatic carbocycles. The molecule has 32 heavy (non-hydrogen) atoms. The first-order valence-electron chi connectivity index (χ1n) is 11.0. The fraction of sp³-hybridized carbons (Fsp3) is 0.360. The first-order chi connectivity index (χ1) is 15.5. The van der Waals surface area contributed by atoms with Gasteiger partial charge < -0.3 is 9.84 Å². The number of amides is 1. The summed E-state index contributed by atoms with van der Waals surface area (Å²) in [6, 6.07) is 13.5. The molecule has 168 valence electrons. The maximum Gasteiger partial charge on any atom is 0.267 e. The van der Waals surface area contributed by atoms with E-state index in [4.69, 9.17) is 9.73 Å². The number of hydrogen-bond donors (Lipinski definition) is 1. The lowest BCUT2D eigenvalue weighted by molar-refractivity contribution is -0.124. The van der Waals surface area contributed by atoms with Crippen molar-refractivity contribution in [1.82, 2.24) is 4.90 Å². The van der Waals surface area contributed by atoms with E-state index in [1.165, 1.54) is 18.2 Å². The fourth-order valence-electron chi connectivity index (χ4n) is 4.24. The molecule has 1 saturated heterocycles. The van der Waals surface area contributed by atoms with Crippen LogP contribution in [0.5, 0.6) is 11.5 Å². The number of para-hydroxylation sites is 1. The van der Waals surface area contributed by atoms with Gasteiger partial charge in [-0.15, -0.1) is 0 Å². The number of thioether (sulfide) groups is 1. The Kier molecular flexibility index (Phi) is 7.26. The van der Waals surface area contributed by atoms with Crippen molar-refractivity contribution in [2.45, 2.75) is 45.6 Å².